The first-order valence-electron chi connectivity index (χ1n) is 6.38. The van der Waals surface area contributed by atoms with Gasteiger partial charge in [0.2, 0.25) is 0 Å². The first kappa shape index (κ1) is 11.4. The molecule has 0 bridgehead atoms. The first-order chi connectivity index (χ1) is 7.27. The van der Waals surface area contributed by atoms with Gasteiger partial charge in [-0.3, -0.25) is 0 Å². The number of likely N-dealkylation sites (tertiary alicyclic amines) is 1. The van der Waals surface area contributed by atoms with Crippen molar-refractivity contribution in [2.75, 3.05) is 40.3 Å². The molecule has 3 nitrogen and oxygen atoms in total. The summed E-state index contributed by atoms with van der Waals surface area (Å²) in [6.45, 7) is 4.95. The highest BCUT2D eigenvalue weighted by atomic mass is 15.2. The van der Waals surface area contributed by atoms with Gasteiger partial charge in [-0.25, -0.2) is 0 Å². The van der Waals surface area contributed by atoms with E-state index in [0.29, 0.717) is 0 Å². The van der Waals surface area contributed by atoms with E-state index in [2.05, 4.69) is 29.2 Å². The number of hydrogen-bond acceptors (Lipinski definition) is 3. The number of rotatable bonds is 3. The van der Waals surface area contributed by atoms with Gasteiger partial charge in [0.15, 0.2) is 0 Å². The maximum Gasteiger partial charge on any atom is 0.0220 e. The predicted molar refractivity (Wildman–Crippen MR) is 64.2 cm³/mol. The molecule has 0 aliphatic carbocycles. The van der Waals surface area contributed by atoms with Crippen molar-refractivity contribution in [3.63, 3.8) is 0 Å². The molecule has 0 aromatic carbocycles. The smallest absolute Gasteiger partial charge is 0.0220 e. The van der Waals surface area contributed by atoms with Gasteiger partial charge >= 0.3 is 0 Å². The highest BCUT2D eigenvalue weighted by molar-refractivity contribution is 4.83. The molecule has 0 amide bonds. The molecule has 2 aliphatic heterocycles. The fraction of sp³-hybridized carbons (Fsp3) is 1.00. The van der Waals surface area contributed by atoms with Crippen molar-refractivity contribution >= 4 is 0 Å². The molecule has 1 N–H and O–H groups in total. The van der Waals surface area contributed by atoms with Crippen LogP contribution in [-0.4, -0.2) is 62.2 Å². The van der Waals surface area contributed by atoms with Crippen LogP contribution in [0.3, 0.4) is 0 Å². The predicted octanol–water partition coefficient (Wildman–Crippen LogP) is 0.764. The van der Waals surface area contributed by atoms with Crippen LogP contribution in [0.2, 0.25) is 0 Å². The number of piperidine rings is 1. The Morgan fingerprint density at radius 3 is 2.80 bits per heavy atom. The lowest BCUT2D eigenvalue weighted by molar-refractivity contribution is 0.156. The van der Waals surface area contributed by atoms with Crippen molar-refractivity contribution in [1.29, 1.82) is 0 Å². The van der Waals surface area contributed by atoms with E-state index in [1.54, 1.807) is 0 Å². The van der Waals surface area contributed by atoms with E-state index in [-0.39, 0.29) is 0 Å². The molecule has 2 heterocycles. The van der Waals surface area contributed by atoms with E-state index in [4.69, 9.17) is 0 Å². The van der Waals surface area contributed by atoms with Gasteiger partial charge in [0.1, 0.15) is 0 Å². The Bertz CT molecular complexity index is 189. The summed E-state index contributed by atoms with van der Waals surface area (Å²) >= 11 is 0. The Morgan fingerprint density at radius 2 is 2.20 bits per heavy atom. The molecule has 2 unspecified atom stereocenters. The maximum absolute atomic E-state index is 3.50. The lowest BCUT2D eigenvalue weighted by atomic mass is 10.1. The summed E-state index contributed by atoms with van der Waals surface area (Å²) in [5.41, 5.74) is 0. The topological polar surface area (TPSA) is 18.5 Å². The fourth-order valence-electron chi connectivity index (χ4n) is 2.90. The average Bonchev–Trinajstić information content (AvgIpc) is 2.66. The van der Waals surface area contributed by atoms with Crippen molar-refractivity contribution in [2.45, 2.75) is 37.8 Å². The van der Waals surface area contributed by atoms with Gasteiger partial charge in [-0.05, 0) is 52.9 Å². The molecule has 2 aliphatic rings. The van der Waals surface area contributed by atoms with Crippen LogP contribution in [0.1, 0.15) is 25.7 Å². The normalized spacial score (nSPS) is 33.8. The highest BCUT2D eigenvalue weighted by Gasteiger charge is 2.25. The van der Waals surface area contributed by atoms with Gasteiger partial charge in [0.05, 0.1) is 0 Å². The molecule has 88 valence electrons. The van der Waals surface area contributed by atoms with Gasteiger partial charge in [0, 0.05) is 25.2 Å². The Balaban J connectivity index is 1.77. The lowest BCUT2D eigenvalue weighted by Crippen LogP contribution is -2.48. The largest absolute Gasteiger partial charge is 0.315 e. The molecule has 2 atom stereocenters. The monoisotopic (exact) mass is 211 g/mol. The third-order valence-electron chi connectivity index (χ3n) is 4.06. The van der Waals surface area contributed by atoms with Crippen molar-refractivity contribution in [3.8, 4) is 0 Å². The van der Waals surface area contributed by atoms with E-state index in [1.807, 2.05) is 0 Å². The number of likely N-dealkylation sites (N-methyl/N-ethyl adjacent to an activating group) is 2. The van der Waals surface area contributed by atoms with Gasteiger partial charge in [-0.15, -0.1) is 0 Å². The van der Waals surface area contributed by atoms with Crippen LogP contribution in [-0.2, 0) is 0 Å². The molecule has 0 aromatic rings. The molecule has 2 fully saturated rings. The summed E-state index contributed by atoms with van der Waals surface area (Å²) in [6.07, 6.45) is 5.49. The SMILES string of the molecule is CN1CCCC1CN(C)C1CCCNC1. The van der Waals surface area contributed by atoms with E-state index < -0.39 is 0 Å². The zero-order valence-corrected chi connectivity index (χ0v) is 10.2. The molecule has 2 rings (SSSR count). The third kappa shape index (κ3) is 2.92. The molecule has 0 saturated carbocycles. The summed E-state index contributed by atoms with van der Waals surface area (Å²) < 4.78 is 0. The van der Waals surface area contributed by atoms with Crippen LogP contribution >= 0.6 is 0 Å². The minimum Gasteiger partial charge on any atom is -0.315 e. The van der Waals surface area contributed by atoms with Crippen molar-refractivity contribution in [3.05, 3.63) is 0 Å². The summed E-state index contributed by atoms with van der Waals surface area (Å²) in [7, 11) is 4.56. The molecule has 0 radical (unpaired) electrons. The minimum atomic E-state index is 0.771. The fourth-order valence-corrected chi connectivity index (χ4v) is 2.90. The maximum atomic E-state index is 3.50. The van der Waals surface area contributed by atoms with E-state index >= 15 is 0 Å². The van der Waals surface area contributed by atoms with Crippen molar-refractivity contribution < 1.29 is 0 Å². The van der Waals surface area contributed by atoms with Gasteiger partial charge in [0.25, 0.3) is 0 Å². The van der Waals surface area contributed by atoms with Crippen LogP contribution in [0.15, 0.2) is 0 Å². The van der Waals surface area contributed by atoms with Crippen LogP contribution in [0, 0.1) is 0 Å². The number of nitrogens with one attached hydrogen (secondary N) is 1. The third-order valence-corrected chi connectivity index (χ3v) is 4.06. The standard InChI is InChI=1S/C12H25N3/c1-14-8-4-6-12(14)10-15(2)11-5-3-7-13-9-11/h11-13H,3-10H2,1-2H3. The second-order valence-electron chi connectivity index (χ2n) is 5.22. The Labute approximate surface area is 93.8 Å². The zero-order chi connectivity index (χ0) is 10.7. The number of hydrogen-bond donors (Lipinski definition) is 1. The van der Waals surface area contributed by atoms with Gasteiger partial charge in [-0.1, -0.05) is 0 Å². The molecular formula is C12H25N3. The molecule has 0 aromatic heterocycles. The average molecular weight is 211 g/mol. The summed E-state index contributed by atoms with van der Waals surface area (Å²) in [5.74, 6) is 0. The van der Waals surface area contributed by atoms with E-state index in [1.165, 1.54) is 51.9 Å². The summed E-state index contributed by atoms with van der Waals surface area (Å²) in [4.78, 5) is 5.09. The van der Waals surface area contributed by atoms with Crippen LogP contribution in [0.5, 0.6) is 0 Å². The van der Waals surface area contributed by atoms with Crippen LogP contribution in [0.4, 0.5) is 0 Å². The first-order valence-corrected chi connectivity index (χ1v) is 6.38. The van der Waals surface area contributed by atoms with Crippen molar-refractivity contribution in [2.24, 2.45) is 0 Å². The quantitative estimate of drug-likeness (QED) is 0.744. The van der Waals surface area contributed by atoms with Crippen LogP contribution in [0.25, 0.3) is 0 Å². The summed E-state index contributed by atoms with van der Waals surface area (Å²) in [5, 5.41) is 3.50. The Hall–Kier alpha value is -0.120. The van der Waals surface area contributed by atoms with E-state index in [0.717, 1.165) is 12.1 Å². The van der Waals surface area contributed by atoms with Gasteiger partial charge < -0.3 is 15.1 Å². The van der Waals surface area contributed by atoms with Crippen LogP contribution < -0.4 is 5.32 Å². The molecule has 2 saturated heterocycles. The zero-order valence-electron chi connectivity index (χ0n) is 10.2. The second kappa shape index (κ2) is 5.28. The Morgan fingerprint density at radius 1 is 1.33 bits per heavy atom. The lowest BCUT2D eigenvalue weighted by Gasteiger charge is -2.34. The molecule has 15 heavy (non-hydrogen) atoms. The second-order valence-corrected chi connectivity index (χ2v) is 5.22. The molecule has 0 spiro atoms. The molecule has 3 heteroatoms. The Kier molecular flexibility index (Phi) is 4.00. The van der Waals surface area contributed by atoms with Crippen molar-refractivity contribution in [1.82, 2.24) is 15.1 Å². The minimum absolute atomic E-state index is 0.771. The molecular weight excluding hydrogens is 186 g/mol. The number of nitrogens with zero attached hydrogens (tertiary/aromatic N) is 2. The van der Waals surface area contributed by atoms with E-state index in [9.17, 15) is 0 Å². The van der Waals surface area contributed by atoms with Gasteiger partial charge in [-0.2, -0.15) is 0 Å². The summed E-state index contributed by atoms with van der Waals surface area (Å²) in [6, 6.07) is 1.57. The highest BCUT2D eigenvalue weighted by Crippen LogP contribution is 2.17.